The summed E-state index contributed by atoms with van der Waals surface area (Å²) in [5, 5.41) is 6.88. The van der Waals surface area contributed by atoms with Crippen molar-refractivity contribution in [2.75, 3.05) is 27.3 Å². The molecule has 2 aromatic rings. The van der Waals surface area contributed by atoms with Crippen molar-refractivity contribution in [3.8, 4) is 0 Å². The molecule has 1 fully saturated rings. The first-order chi connectivity index (χ1) is 11.2. The first-order valence-corrected chi connectivity index (χ1v) is 7.50. The van der Waals surface area contributed by atoms with Crippen molar-refractivity contribution in [2.24, 2.45) is 0 Å². The van der Waals surface area contributed by atoms with E-state index in [9.17, 15) is 9.59 Å². The van der Waals surface area contributed by atoms with Crippen LogP contribution in [0.2, 0.25) is 0 Å². The van der Waals surface area contributed by atoms with Crippen molar-refractivity contribution in [3.63, 3.8) is 0 Å². The van der Waals surface area contributed by atoms with Gasteiger partial charge in [0.1, 0.15) is 12.2 Å². The largest absolute Gasteiger partial charge is 0.375 e. The van der Waals surface area contributed by atoms with Gasteiger partial charge in [-0.05, 0) is 18.9 Å². The first kappa shape index (κ1) is 15.4. The van der Waals surface area contributed by atoms with Crippen LogP contribution in [-0.2, 0) is 9.53 Å². The highest BCUT2D eigenvalue weighted by molar-refractivity contribution is 5.99. The Morgan fingerprint density at radius 1 is 1.48 bits per heavy atom. The summed E-state index contributed by atoms with van der Waals surface area (Å²) in [6, 6.07) is 1.76. The summed E-state index contributed by atoms with van der Waals surface area (Å²) in [7, 11) is 3.08. The molecule has 23 heavy (non-hydrogen) atoms. The lowest BCUT2D eigenvalue weighted by atomic mass is 10.1. The summed E-state index contributed by atoms with van der Waals surface area (Å²) in [5.74, 6) is -0.276. The number of likely N-dealkylation sites (tertiary alicyclic amines) is 1. The molecule has 0 saturated carbocycles. The molecule has 1 aliphatic rings. The molecule has 0 aliphatic carbocycles. The molecule has 0 radical (unpaired) electrons. The number of amides is 2. The first-order valence-electron chi connectivity index (χ1n) is 7.50. The highest BCUT2D eigenvalue weighted by Crippen LogP contribution is 2.32. The van der Waals surface area contributed by atoms with Crippen molar-refractivity contribution in [1.82, 2.24) is 24.8 Å². The van der Waals surface area contributed by atoms with Gasteiger partial charge < -0.3 is 15.0 Å². The monoisotopic (exact) mass is 317 g/mol. The van der Waals surface area contributed by atoms with E-state index < -0.39 is 0 Å². The summed E-state index contributed by atoms with van der Waals surface area (Å²) in [6.07, 6.45) is 4.92. The molecule has 3 rings (SSSR count). The third-order valence-electron chi connectivity index (χ3n) is 4.08. The molecule has 0 aromatic carbocycles. The van der Waals surface area contributed by atoms with Gasteiger partial charge >= 0.3 is 0 Å². The van der Waals surface area contributed by atoms with Gasteiger partial charge in [-0.3, -0.25) is 9.59 Å². The summed E-state index contributed by atoms with van der Waals surface area (Å²) in [6.45, 7) is 0.758. The zero-order chi connectivity index (χ0) is 16.4. The van der Waals surface area contributed by atoms with E-state index in [1.54, 1.807) is 22.7 Å². The molecule has 0 spiro atoms. The fourth-order valence-corrected chi connectivity index (χ4v) is 3.04. The van der Waals surface area contributed by atoms with E-state index >= 15 is 0 Å². The molecule has 1 atom stereocenters. The molecule has 1 N–H and O–H groups in total. The summed E-state index contributed by atoms with van der Waals surface area (Å²) >= 11 is 0. The van der Waals surface area contributed by atoms with Gasteiger partial charge in [0, 0.05) is 26.9 Å². The Bertz CT molecular complexity index is 742. The number of carbonyl (C=O) groups excluding carboxylic acids is 2. The van der Waals surface area contributed by atoms with Gasteiger partial charge in [0.25, 0.3) is 5.91 Å². The number of ether oxygens (including phenoxy) is 1. The number of rotatable bonds is 4. The average Bonchev–Trinajstić information content (AvgIpc) is 3.20. The van der Waals surface area contributed by atoms with Crippen LogP contribution >= 0.6 is 0 Å². The van der Waals surface area contributed by atoms with Crippen LogP contribution in [0.4, 0.5) is 0 Å². The van der Waals surface area contributed by atoms with E-state index in [1.807, 2.05) is 6.07 Å². The summed E-state index contributed by atoms with van der Waals surface area (Å²) in [4.78, 5) is 30.2. The van der Waals surface area contributed by atoms with Crippen LogP contribution in [0.15, 0.2) is 18.5 Å². The van der Waals surface area contributed by atoms with E-state index in [4.69, 9.17) is 4.74 Å². The Hall–Kier alpha value is -2.48. The lowest BCUT2D eigenvalue weighted by molar-refractivity contribution is -0.136. The van der Waals surface area contributed by atoms with Crippen molar-refractivity contribution in [2.45, 2.75) is 18.9 Å². The van der Waals surface area contributed by atoms with Crippen LogP contribution < -0.4 is 5.32 Å². The third kappa shape index (κ3) is 2.65. The number of aromatic nitrogens is 3. The van der Waals surface area contributed by atoms with Gasteiger partial charge in [-0.15, -0.1) is 0 Å². The van der Waals surface area contributed by atoms with Gasteiger partial charge in [-0.25, -0.2) is 9.50 Å². The minimum atomic E-state index is -0.233. The lowest BCUT2D eigenvalue weighted by Gasteiger charge is -2.25. The Morgan fingerprint density at radius 2 is 2.30 bits per heavy atom. The predicted molar refractivity (Wildman–Crippen MR) is 81.9 cm³/mol. The Balaban J connectivity index is 2.01. The Labute approximate surface area is 133 Å². The fraction of sp³-hybridized carbons (Fsp3) is 0.467. The molecule has 2 amide bonds. The van der Waals surface area contributed by atoms with Crippen LogP contribution in [0.5, 0.6) is 0 Å². The molecule has 3 heterocycles. The average molecular weight is 317 g/mol. The zero-order valence-corrected chi connectivity index (χ0v) is 13.2. The summed E-state index contributed by atoms with van der Waals surface area (Å²) in [5.41, 5.74) is 1.77. The minimum Gasteiger partial charge on any atom is -0.375 e. The SMILES string of the molecule is CNC(=O)c1cnn2c([C@@H]3CCCN3C(=O)COC)ccnc12. The van der Waals surface area contributed by atoms with Crippen LogP contribution in [0.3, 0.4) is 0 Å². The number of nitrogens with zero attached hydrogens (tertiary/aromatic N) is 4. The molecule has 8 nitrogen and oxygen atoms in total. The number of fused-ring (bicyclic) bond motifs is 1. The molecular weight excluding hydrogens is 298 g/mol. The number of hydrogen-bond donors (Lipinski definition) is 1. The van der Waals surface area contributed by atoms with E-state index in [-0.39, 0.29) is 24.5 Å². The maximum absolute atomic E-state index is 12.2. The van der Waals surface area contributed by atoms with E-state index in [0.717, 1.165) is 18.5 Å². The minimum absolute atomic E-state index is 0.0429. The molecule has 1 saturated heterocycles. The van der Waals surface area contributed by atoms with Crippen LogP contribution in [0.1, 0.15) is 34.9 Å². The maximum atomic E-state index is 12.2. The van der Waals surface area contributed by atoms with E-state index in [0.29, 0.717) is 17.8 Å². The second-order valence-electron chi connectivity index (χ2n) is 5.42. The topological polar surface area (TPSA) is 88.8 Å². The fourth-order valence-electron chi connectivity index (χ4n) is 3.04. The highest BCUT2D eigenvalue weighted by atomic mass is 16.5. The molecule has 0 bridgehead atoms. The maximum Gasteiger partial charge on any atom is 0.256 e. The van der Waals surface area contributed by atoms with Gasteiger partial charge in [0.05, 0.1) is 17.9 Å². The summed E-state index contributed by atoms with van der Waals surface area (Å²) < 4.78 is 6.61. The van der Waals surface area contributed by atoms with Crippen LogP contribution in [0, 0.1) is 0 Å². The van der Waals surface area contributed by atoms with Crippen LogP contribution in [-0.4, -0.2) is 58.6 Å². The second kappa shape index (κ2) is 6.33. The smallest absolute Gasteiger partial charge is 0.256 e. The van der Waals surface area contributed by atoms with Crippen LogP contribution in [0.25, 0.3) is 5.65 Å². The van der Waals surface area contributed by atoms with E-state index in [1.165, 1.54) is 13.3 Å². The van der Waals surface area contributed by atoms with Crippen molar-refractivity contribution < 1.29 is 14.3 Å². The molecule has 8 heteroatoms. The highest BCUT2D eigenvalue weighted by Gasteiger charge is 2.32. The van der Waals surface area contributed by atoms with Gasteiger partial charge in [-0.1, -0.05) is 0 Å². The normalized spacial score (nSPS) is 17.7. The second-order valence-corrected chi connectivity index (χ2v) is 5.42. The van der Waals surface area contributed by atoms with Gasteiger partial charge in [-0.2, -0.15) is 5.10 Å². The number of methoxy groups -OCH3 is 1. The molecule has 2 aromatic heterocycles. The van der Waals surface area contributed by atoms with Crippen molar-refractivity contribution in [1.29, 1.82) is 0 Å². The number of hydrogen-bond acceptors (Lipinski definition) is 5. The lowest BCUT2D eigenvalue weighted by Crippen LogP contribution is -2.34. The Kier molecular flexibility index (Phi) is 4.24. The predicted octanol–water partition coefficient (Wildman–Crippen LogP) is 0.399. The van der Waals surface area contributed by atoms with Gasteiger partial charge in [0.15, 0.2) is 5.65 Å². The molecule has 0 unspecified atom stereocenters. The van der Waals surface area contributed by atoms with E-state index in [2.05, 4.69) is 15.4 Å². The Morgan fingerprint density at radius 3 is 3.04 bits per heavy atom. The van der Waals surface area contributed by atoms with Crippen molar-refractivity contribution >= 4 is 17.5 Å². The third-order valence-corrected chi connectivity index (χ3v) is 4.08. The number of carbonyl (C=O) groups is 2. The molecular formula is C15H19N5O3. The standard InChI is InChI=1S/C15H19N5O3/c1-16-15(22)10-8-18-20-12(5-6-17-14(10)20)11-4-3-7-19(11)13(21)9-23-2/h5-6,8,11H,3-4,7,9H2,1-2H3,(H,16,22)/t11-/m0/s1. The number of nitrogens with one attached hydrogen (secondary N) is 1. The zero-order valence-electron chi connectivity index (χ0n) is 13.2. The molecule has 1 aliphatic heterocycles. The quantitative estimate of drug-likeness (QED) is 0.881. The van der Waals surface area contributed by atoms with Crippen molar-refractivity contribution in [3.05, 3.63) is 29.7 Å². The van der Waals surface area contributed by atoms with Gasteiger partial charge in [0.2, 0.25) is 5.91 Å². The molecule has 122 valence electrons.